The van der Waals surface area contributed by atoms with Gasteiger partial charge in [-0.25, -0.2) is 4.99 Å². The van der Waals surface area contributed by atoms with Crippen molar-refractivity contribution < 1.29 is 22.7 Å². The Bertz CT molecular complexity index is 1160. The maximum atomic E-state index is 13.3. The maximum absolute atomic E-state index is 13.3. The lowest BCUT2D eigenvalue weighted by molar-refractivity contribution is -0.137. The van der Waals surface area contributed by atoms with Crippen molar-refractivity contribution in [1.82, 2.24) is 0 Å². The molecule has 0 saturated carbocycles. The Labute approximate surface area is 171 Å². The van der Waals surface area contributed by atoms with Gasteiger partial charge in [0.05, 0.1) is 24.1 Å². The second-order valence-electron chi connectivity index (χ2n) is 6.69. The number of methoxy groups -OCH3 is 1. The average Bonchev–Trinajstić information content (AvgIpc) is 3.07. The number of aldehydes is 1. The van der Waals surface area contributed by atoms with Crippen molar-refractivity contribution in [3.05, 3.63) is 95.1 Å². The molecule has 0 unspecified atom stereocenters. The summed E-state index contributed by atoms with van der Waals surface area (Å²) in [5.74, 6) is 0.660. The highest BCUT2D eigenvalue weighted by Crippen LogP contribution is 2.41. The molecule has 0 aromatic heterocycles. The SMILES string of the molecule is COc1ccc(/N=C2/C(c3ccccc3)=C(C=O)c3cc(C(F)(F)F)ccc32)cc1. The molecule has 0 bridgehead atoms. The van der Waals surface area contributed by atoms with Crippen LogP contribution in [0.5, 0.6) is 5.75 Å². The number of carbonyl (C=O) groups excluding carboxylic acids is 1. The first-order valence-corrected chi connectivity index (χ1v) is 9.12. The molecule has 6 heteroatoms. The van der Waals surface area contributed by atoms with E-state index in [0.29, 0.717) is 40.1 Å². The largest absolute Gasteiger partial charge is 0.497 e. The molecule has 0 N–H and O–H groups in total. The van der Waals surface area contributed by atoms with Gasteiger partial charge in [-0.1, -0.05) is 36.4 Å². The van der Waals surface area contributed by atoms with E-state index in [-0.39, 0.29) is 11.1 Å². The third-order valence-corrected chi connectivity index (χ3v) is 4.89. The van der Waals surface area contributed by atoms with Gasteiger partial charge in [-0.05, 0) is 47.5 Å². The first-order chi connectivity index (χ1) is 14.4. The van der Waals surface area contributed by atoms with Crippen LogP contribution in [-0.4, -0.2) is 19.1 Å². The van der Waals surface area contributed by atoms with E-state index in [4.69, 9.17) is 4.74 Å². The van der Waals surface area contributed by atoms with E-state index in [2.05, 4.69) is 4.99 Å². The highest BCUT2D eigenvalue weighted by Gasteiger charge is 2.35. The summed E-state index contributed by atoms with van der Waals surface area (Å²) in [6.45, 7) is 0. The van der Waals surface area contributed by atoms with Gasteiger partial charge in [-0.2, -0.15) is 13.2 Å². The average molecular weight is 407 g/mol. The third-order valence-electron chi connectivity index (χ3n) is 4.89. The van der Waals surface area contributed by atoms with Crippen LogP contribution in [0, 0.1) is 0 Å². The predicted molar refractivity (Wildman–Crippen MR) is 110 cm³/mol. The molecule has 1 aliphatic rings. The van der Waals surface area contributed by atoms with Gasteiger partial charge < -0.3 is 4.74 Å². The first-order valence-electron chi connectivity index (χ1n) is 9.12. The molecule has 4 rings (SSSR count). The van der Waals surface area contributed by atoms with Crippen LogP contribution in [0.3, 0.4) is 0 Å². The number of rotatable bonds is 4. The minimum absolute atomic E-state index is 0.189. The lowest BCUT2D eigenvalue weighted by Gasteiger charge is -2.10. The Morgan fingerprint density at radius 1 is 0.900 bits per heavy atom. The molecule has 0 spiro atoms. The Kier molecular flexibility index (Phi) is 4.99. The van der Waals surface area contributed by atoms with E-state index in [1.165, 1.54) is 6.07 Å². The summed E-state index contributed by atoms with van der Waals surface area (Å²) in [7, 11) is 1.55. The summed E-state index contributed by atoms with van der Waals surface area (Å²) in [5, 5.41) is 0. The number of nitrogens with zero attached hydrogens (tertiary/aromatic N) is 1. The number of hydrogen-bond donors (Lipinski definition) is 0. The zero-order chi connectivity index (χ0) is 21.3. The van der Waals surface area contributed by atoms with Crippen LogP contribution in [0.2, 0.25) is 0 Å². The minimum Gasteiger partial charge on any atom is -0.497 e. The normalized spacial score (nSPS) is 14.7. The van der Waals surface area contributed by atoms with Crippen molar-refractivity contribution in [1.29, 1.82) is 0 Å². The van der Waals surface area contributed by atoms with Gasteiger partial charge >= 0.3 is 6.18 Å². The summed E-state index contributed by atoms with van der Waals surface area (Å²) in [6, 6.07) is 19.4. The highest BCUT2D eigenvalue weighted by atomic mass is 19.4. The van der Waals surface area contributed by atoms with E-state index >= 15 is 0 Å². The van der Waals surface area contributed by atoms with Gasteiger partial charge in [0.25, 0.3) is 0 Å². The first kappa shape index (κ1) is 19.6. The quantitative estimate of drug-likeness (QED) is 0.501. The fraction of sp³-hybridized carbons (Fsp3) is 0.0833. The van der Waals surface area contributed by atoms with Gasteiger partial charge in [0.15, 0.2) is 6.29 Å². The Morgan fingerprint density at radius 2 is 1.60 bits per heavy atom. The summed E-state index contributed by atoms with van der Waals surface area (Å²) >= 11 is 0. The summed E-state index contributed by atoms with van der Waals surface area (Å²) in [4.78, 5) is 16.7. The monoisotopic (exact) mass is 407 g/mol. The van der Waals surface area contributed by atoms with Crippen molar-refractivity contribution in [3.63, 3.8) is 0 Å². The zero-order valence-corrected chi connectivity index (χ0v) is 15.9. The van der Waals surface area contributed by atoms with Crippen LogP contribution in [0.1, 0.15) is 22.3 Å². The standard InChI is InChI=1S/C24H16F3NO2/c1-30-18-10-8-17(9-11-18)28-23-19-12-7-16(24(25,26)27)13-20(19)21(14-29)22(23)15-5-3-2-4-6-15/h2-14H,1H3/b28-23+. The van der Waals surface area contributed by atoms with Gasteiger partial charge in [0, 0.05) is 16.7 Å². The number of benzene rings is 3. The molecule has 3 nitrogen and oxygen atoms in total. The molecule has 150 valence electrons. The van der Waals surface area contributed by atoms with Crippen LogP contribution in [0.25, 0.3) is 11.1 Å². The molecule has 0 fully saturated rings. The number of fused-ring (bicyclic) bond motifs is 1. The smallest absolute Gasteiger partial charge is 0.416 e. The number of aliphatic imine (C=N–C) groups is 1. The topological polar surface area (TPSA) is 38.7 Å². The molecular weight excluding hydrogens is 391 g/mol. The molecule has 30 heavy (non-hydrogen) atoms. The fourth-order valence-corrected chi connectivity index (χ4v) is 3.47. The Morgan fingerprint density at radius 3 is 2.20 bits per heavy atom. The van der Waals surface area contributed by atoms with Crippen molar-refractivity contribution >= 4 is 28.8 Å². The van der Waals surface area contributed by atoms with E-state index in [1.807, 2.05) is 6.07 Å². The van der Waals surface area contributed by atoms with E-state index in [9.17, 15) is 18.0 Å². The number of carbonyl (C=O) groups is 1. The third kappa shape index (κ3) is 3.52. The van der Waals surface area contributed by atoms with E-state index < -0.39 is 11.7 Å². The lowest BCUT2D eigenvalue weighted by Crippen LogP contribution is -2.06. The number of alkyl halides is 3. The molecule has 0 aliphatic heterocycles. The molecule has 0 amide bonds. The van der Waals surface area contributed by atoms with Gasteiger partial charge in [0.1, 0.15) is 5.75 Å². The lowest BCUT2D eigenvalue weighted by atomic mass is 9.99. The molecule has 1 aliphatic carbocycles. The summed E-state index contributed by atoms with van der Waals surface area (Å²) in [6.07, 6.45) is -3.91. The number of hydrogen-bond acceptors (Lipinski definition) is 3. The molecule has 0 heterocycles. The van der Waals surface area contributed by atoms with Gasteiger partial charge in [-0.15, -0.1) is 0 Å². The van der Waals surface area contributed by atoms with Crippen molar-refractivity contribution in [3.8, 4) is 5.75 Å². The van der Waals surface area contributed by atoms with Gasteiger partial charge in [0.2, 0.25) is 0 Å². The van der Waals surface area contributed by atoms with Gasteiger partial charge in [-0.3, -0.25) is 4.79 Å². The van der Waals surface area contributed by atoms with Crippen molar-refractivity contribution in [2.45, 2.75) is 6.18 Å². The maximum Gasteiger partial charge on any atom is 0.416 e. The van der Waals surface area contributed by atoms with Crippen LogP contribution in [0.4, 0.5) is 18.9 Å². The second kappa shape index (κ2) is 7.63. The number of ether oxygens (including phenoxy) is 1. The predicted octanol–water partition coefficient (Wildman–Crippen LogP) is 5.96. The molecule has 3 aromatic rings. The van der Waals surface area contributed by atoms with Crippen LogP contribution >= 0.6 is 0 Å². The fourth-order valence-electron chi connectivity index (χ4n) is 3.47. The molecule has 0 saturated heterocycles. The Balaban J connectivity index is 1.96. The number of allylic oxidation sites excluding steroid dienone is 2. The van der Waals surface area contributed by atoms with Crippen LogP contribution in [-0.2, 0) is 11.0 Å². The van der Waals surface area contributed by atoms with Crippen LogP contribution < -0.4 is 4.74 Å². The van der Waals surface area contributed by atoms with Crippen molar-refractivity contribution in [2.24, 2.45) is 4.99 Å². The molecular formula is C24H16F3NO2. The van der Waals surface area contributed by atoms with E-state index in [0.717, 1.165) is 12.1 Å². The van der Waals surface area contributed by atoms with Crippen molar-refractivity contribution in [2.75, 3.05) is 7.11 Å². The highest BCUT2D eigenvalue weighted by molar-refractivity contribution is 6.48. The molecule has 0 radical (unpaired) electrons. The second-order valence-corrected chi connectivity index (χ2v) is 6.69. The summed E-state index contributed by atoms with van der Waals surface area (Å²) < 4.78 is 45.0. The number of halogens is 3. The van der Waals surface area contributed by atoms with E-state index in [1.54, 1.807) is 55.6 Å². The Hall–Kier alpha value is -3.67. The van der Waals surface area contributed by atoms with Crippen LogP contribution in [0.15, 0.2) is 77.8 Å². The zero-order valence-electron chi connectivity index (χ0n) is 15.9. The molecule has 0 atom stereocenters. The minimum atomic E-state index is -4.51. The molecule has 3 aromatic carbocycles. The summed E-state index contributed by atoms with van der Waals surface area (Å²) in [5.41, 5.74) is 2.36.